The van der Waals surface area contributed by atoms with Gasteiger partial charge in [-0.3, -0.25) is 9.69 Å². The fourth-order valence-corrected chi connectivity index (χ4v) is 5.57. The Bertz CT molecular complexity index is 909. The van der Waals surface area contributed by atoms with Gasteiger partial charge >= 0.3 is 12.5 Å². The Kier molecular flexibility index (Phi) is 7.93. The van der Waals surface area contributed by atoms with E-state index in [9.17, 15) is 33.0 Å². The molecule has 1 saturated heterocycles. The number of alkyl halides is 3. The molecule has 2 atom stereocenters. The number of likely N-dealkylation sites (tertiary alicyclic amines) is 1. The zero-order valence-electron chi connectivity index (χ0n) is 20.5. The molecule has 1 aromatic rings. The first-order chi connectivity index (χ1) is 16.2. The third kappa shape index (κ3) is 6.59. The molecule has 2 aliphatic rings. The maximum absolute atomic E-state index is 13.9. The fourth-order valence-electron chi connectivity index (χ4n) is 5.57. The van der Waals surface area contributed by atoms with E-state index in [1.807, 2.05) is 0 Å². The van der Waals surface area contributed by atoms with Gasteiger partial charge in [-0.15, -0.1) is 13.2 Å². The second-order valence-electron chi connectivity index (χ2n) is 10.6. The Morgan fingerprint density at radius 2 is 1.80 bits per heavy atom. The number of rotatable bonds is 5. The molecule has 1 saturated carbocycles. The highest BCUT2D eigenvalue weighted by molar-refractivity contribution is 5.85. The number of benzene rings is 1. The van der Waals surface area contributed by atoms with Gasteiger partial charge in [0.2, 0.25) is 5.91 Å². The van der Waals surface area contributed by atoms with Crippen molar-refractivity contribution < 1.29 is 37.7 Å². The van der Waals surface area contributed by atoms with E-state index in [0.29, 0.717) is 45.1 Å². The molecule has 3 rings (SSSR count). The molecule has 1 aliphatic carbocycles. The third-order valence-electron chi connectivity index (χ3n) is 6.93. The predicted octanol–water partition coefficient (Wildman–Crippen LogP) is 5.13. The molecule has 0 bridgehead atoms. The van der Waals surface area contributed by atoms with E-state index < -0.39 is 47.2 Å². The number of hydrogen-bond donors (Lipinski definition) is 2. The summed E-state index contributed by atoms with van der Waals surface area (Å²) >= 11 is 0. The monoisotopic (exact) mass is 500 g/mol. The van der Waals surface area contributed by atoms with Crippen LogP contribution in [-0.2, 0) is 4.79 Å². The summed E-state index contributed by atoms with van der Waals surface area (Å²) in [6, 6.07) is 4.83. The summed E-state index contributed by atoms with van der Waals surface area (Å²) in [5.74, 6) is -1.93. The lowest BCUT2D eigenvalue weighted by Gasteiger charge is -2.46. The van der Waals surface area contributed by atoms with Crippen LogP contribution in [0.4, 0.5) is 18.0 Å². The Morgan fingerprint density at radius 3 is 2.37 bits per heavy atom. The highest BCUT2D eigenvalue weighted by atomic mass is 19.4. The zero-order chi connectivity index (χ0) is 26.0. The van der Waals surface area contributed by atoms with Crippen molar-refractivity contribution in [2.45, 2.75) is 95.2 Å². The standard InChI is InChI=1S/C25H35F3N2O5/c1-23(2,3)30(22(32)33)18-10-8-14-29(16-18)21(31)20(24(34)12-5-4-6-13-24)17-9-7-11-19(15-17)35-25(26,27)28/h7,9,11,15,18,20,34H,4-6,8,10,12-14,16H2,1-3H3,(H,32,33)/t18-,20?/m1/s1. The van der Waals surface area contributed by atoms with Gasteiger partial charge in [0.1, 0.15) is 5.75 Å². The van der Waals surface area contributed by atoms with E-state index in [1.165, 1.54) is 17.0 Å². The molecule has 2 fully saturated rings. The van der Waals surface area contributed by atoms with Crippen LogP contribution in [0.1, 0.15) is 77.2 Å². The lowest BCUT2D eigenvalue weighted by Crippen LogP contribution is -2.59. The van der Waals surface area contributed by atoms with Crippen molar-refractivity contribution in [1.29, 1.82) is 0 Å². The Morgan fingerprint density at radius 1 is 1.14 bits per heavy atom. The zero-order valence-corrected chi connectivity index (χ0v) is 20.5. The minimum absolute atomic E-state index is 0.160. The van der Waals surface area contributed by atoms with Crippen molar-refractivity contribution in [2.75, 3.05) is 13.1 Å². The number of carbonyl (C=O) groups excluding carboxylic acids is 1. The second-order valence-corrected chi connectivity index (χ2v) is 10.6. The first kappa shape index (κ1) is 27.1. The first-order valence-corrected chi connectivity index (χ1v) is 12.1. The van der Waals surface area contributed by atoms with Crippen molar-refractivity contribution >= 4 is 12.0 Å². The quantitative estimate of drug-likeness (QED) is 0.585. The van der Waals surface area contributed by atoms with Gasteiger partial charge in [-0.2, -0.15) is 0 Å². The molecular formula is C25H35F3N2O5. The van der Waals surface area contributed by atoms with Gasteiger partial charge in [0.05, 0.1) is 17.6 Å². The average Bonchev–Trinajstić information content (AvgIpc) is 2.72. The fraction of sp³-hybridized carbons (Fsp3) is 0.680. The van der Waals surface area contributed by atoms with E-state index in [4.69, 9.17) is 0 Å². The van der Waals surface area contributed by atoms with Crippen molar-refractivity contribution in [3.8, 4) is 5.75 Å². The van der Waals surface area contributed by atoms with Crippen LogP contribution < -0.4 is 4.74 Å². The predicted molar refractivity (Wildman–Crippen MR) is 123 cm³/mol. The maximum atomic E-state index is 13.9. The van der Waals surface area contributed by atoms with E-state index in [-0.39, 0.29) is 12.1 Å². The summed E-state index contributed by atoms with van der Waals surface area (Å²) < 4.78 is 42.6. The molecule has 1 aliphatic heterocycles. The summed E-state index contributed by atoms with van der Waals surface area (Å²) in [5, 5.41) is 21.4. The SMILES string of the molecule is CC(C)(C)N(C(=O)O)[C@@H]1CCCN(C(=O)C(c2cccc(OC(F)(F)F)c2)C2(O)CCCCC2)C1. The minimum Gasteiger partial charge on any atom is -0.465 e. The molecule has 1 heterocycles. The van der Waals surface area contributed by atoms with Crippen LogP contribution in [0, 0.1) is 0 Å². The summed E-state index contributed by atoms with van der Waals surface area (Å²) in [6.07, 6.45) is -1.75. The highest BCUT2D eigenvalue weighted by Gasteiger charge is 2.46. The lowest BCUT2D eigenvalue weighted by molar-refractivity contribution is -0.274. The molecule has 0 spiro atoms. The van der Waals surface area contributed by atoms with Crippen LogP contribution in [0.5, 0.6) is 5.75 Å². The van der Waals surface area contributed by atoms with Crippen LogP contribution in [0.15, 0.2) is 24.3 Å². The number of nitrogens with zero attached hydrogens (tertiary/aromatic N) is 2. The Hall–Kier alpha value is -2.49. The number of ether oxygens (including phenoxy) is 1. The number of halogens is 3. The van der Waals surface area contributed by atoms with Gasteiger partial charge in [-0.25, -0.2) is 4.79 Å². The molecule has 0 aromatic heterocycles. The van der Waals surface area contributed by atoms with E-state index >= 15 is 0 Å². The van der Waals surface area contributed by atoms with Gasteiger partial charge in [0.15, 0.2) is 0 Å². The normalized spacial score (nSPS) is 21.8. The van der Waals surface area contributed by atoms with Crippen LogP contribution in [0.2, 0.25) is 0 Å². The number of amides is 2. The first-order valence-electron chi connectivity index (χ1n) is 12.1. The number of hydrogen-bond acceptors (Lipinski definition) is 4. The number of carbonyl (C=O) groups is 2. The van der Waals surface area contributed by atoms with Crippen molar-refractivity contribution in [3.05, 3.63) is 29.8 Å². The summed E-state index contributed by atoms with van der Waals surface area (Å²) in [4.78, 5) is 28.8. The molecule has 10 heteroatoms. The summed E-state index contributed by atoms with van der Waals surface area (Å²) in [7, 11) is 0. The molecule has 2 amide bonds. The van der Waals surface area contributed by atoms with Crippen molar-refractivity contribution in [2.24, 2.45) is 0 Å². The topological polar surface area (TPSA) is 90.3 Å². The molecule has 1 unspecified atom stereocenters. The molecule has 35 heavy (non-hydrogen) atoms. The largest absolute Gasteiger partial charge is 0.573 e. The van der Waals surface area contributed by atoms with E-state index in [1.54, 1.807) is 31.7 Å². The van der Waals surface area contributed by atoms with E-state index in [0.717, 1.165) is 12.5 Å². The molecule has 196 valence electrons. The third-order valence-corrected chi connectivity index (χ3v) is 6.93. The van der Waals surface area contributed by atoms with Crippen molar-refractivity contribution in [3.63, 3.8) is 0 Å². The number of aliphatic hydroxyl groups is 1. The van der Waals surface area contributed by atoms with Gasteiger partial charge < -0.3 is 19.8 Å². The van der Waals surface area contributed by atoms with Gasteiger partial charge in [0, 0.05) is 18.6 Å². The second kappa shape index (κ2) is 10.2. The molecule has 0 radical (unpaired) electrons. The highest BCUT2D eigenvalue weighted by Crippen LogP contribution is 2.42. The molecule has 7 nitrogen and oxygen atoms in total. The Labute approximate surface area is 203 Å². The number of carboxylic acid groups (broad SMARTS) is 1. The summed E-state index contributed by atoms with van der Waals surface area (Å²) in [6.45, 7) is 5.93. The average molecular weight is 501 g/mol. The van der Waals surface area contributed by atoms with Crippen LogP contribution in [0.3, 0.4) is 0 Å². The van der Waals surface area contributed by atoms with Crippen LogP contribution in [0.25, 0.3) is 0 Å². The molecular weight excluding hydrogens is 465 g/mol. The van der Waals surface area contributed by atoms with Crippen LogP contribution >= 0.6 is 0 Å². The van der Waals surface area contributed by atoms with E-state index in [2.05, 4.69) is 4.74 Å². The summed E-state index contributed by atoms with van der Waals surface area (Å²) in [5.41, 5.74) is -1.82. The van der Waals surface area contributed by atoms with Crippen LogP contribution in [-0.4, -0.2) is 68.6 Å². The van der Waals surface area contributed by atoms with Gasteiger partial charge in [0.25, 0.3) is 0 Å². The smallest absolute Gasteiger partial charge is 0.465 e. The Balaban J connectivity index is 1.95. The minimum atomic E-state index is -4.88. The maximum Gasteiger partial charge on any atom is 0.573 e. The lowest BCUT2D eigenvalue weighted by atomic mass is 9.72. The number of piperidine rings is 1. The van der Waals surface area contributed by atoms with Crippen molar-refractivity contribution in [1.82, 2.24) is 9.80 Å². The molecule has 2 N–H and O–H groups in total. The van der Waals surface area contributed by atoms with Gasteiger partial charge in [-0.1, -0.05) is 31.4 Å². The molecule has 1 aromatic carbocycles. The van der Waals surface area contributed by atoms with Gasteiger partial charge in [-0.05, 0) is 64.2 Å².